The Morgan fingerprint density at radius 1 is 1.29 bits per heavy atom. The minimum atomic E-state index is 0.437. The molecular weight excluding hydrogens is 236 g/mol. The monoisotopic (exact) mass is 250 g/mol. The molecule has 0 saturated heterocycles. The zero-order chi connectivity index (χ0) is 12.1. The van der Waals surface area contributed by atoms with Crippen LogP contribution in [0.25, 0.3) is 0 Å². The summed E-state index contributed by atoms with van der Waals surface area (Å²) in [7, 11) is 0. The number of furan rings is 1. The van der Waals surface area contributed by atoms with E-state index >= 15 is 0 Å². The molecule has 2 heterocycles. The van der Waals surface area contributed by atoms with Crippen LogP contribution in [0.5, 0.6) is 0 Å². The van der Waals surface area contributed by atoms with E-state index in [1.54, 1.807) is 6.26 Å². The lowest BCUT2D eigenvalue weighted by Gasteiger charge is -2.21. The summed E-state index contributed by atoms with van der Waals surface area (Å²) in [5.41, 5.74) is 0.891. The lowest BCUT2D eigenvalue weighted by molar-refractivity contribution is 0.503. The van der Waals surface area contributed by atoms with Gasteiger partial charge in [-0.15, -0.1) is 11.6 Å². The van der Waals surface area contributed by atoms with E-state index < -0.39 is 0 Å². The first kappa shape index (κ1) is 12.0. The summed E-state index contributed by atoms with van der Waals surface area (Å²) in [6, 6.07) is 9.75. The van der Waals surface area contributed by atoms with Gasteiger partial charge in [0, 0.05) is 6.54 Å². The third-order valence-corrected chi connectivity index (χ3v) is 2.84. The van der Waals surface area contributed by atoms with Crippen molar-refractivity contribution in [2.75, 3.05) is 11.4 Å². The topological polar surface area (TPSA) is 29.3 Å². The summed E-state index contributed by atoms with van der Waals surface area (Å²) in [6.07, 6.45) is 1.69. The first-order valence-electron chi connectivity index (χ1n) is 5.62. The molecule has 0 aliphatic rings. The van der Waals surface area contributed by atoms with Gasteiger partial charge < -0.3 is 9.32 Å². The fourth-order valence-corrected chi connectivity index (χ4v) is 1.81. The SMILES string of the molecule is CCN(Cc1ccco1)c1cccc(CCl)n1. The lowest BCUT2D eigenvalue weighted by atomic mass is 10.3. The third-order valence-electron chi connectivity index (χ3n) is 2.56. The van der Waals surface area contributed by atoms with Crippen molar-refractivity contribution in [2.24, 2.45) is 0 Å². The van der Waals surface area contributed by atoms with Gasteiger partial charge in [-0.05, 0) is 31.2 Å². The van der Waals surface area contributed by atoms with Gasteiger partial charge in [0.05, 0.1) is 24.4 Å². The highest BCUT2D eigenvalue weighted by Crippen LogP contribution is 2.16. The molecule has 0 spiro atoms. The second-order valence-electron chi connectivity index (χ2n) is 3.71. The van der Waals surface area contributed by atoms with E-state index in [0.29, 0.717) is 5.88 Å². The molecule has 0 fully saturated rings. The largest absolute Gasteiger partial charge is 0.467 e. The quantitative estimate of drug-likeness (QED) is 0.762. The van der Waals surface area contributed by atoms with Gasteiger partial charge in [0.2, 0.25) is 0 Å². The van der Waals surface area contributed by atoms with Crippen LogP contribution in [-0.4, -0.2) is 11.5 Å². The highest BCUT2D eigenvalue weighted by Gasteiger charge is 2.08. The van der Waals surface area contributed by atoms with Crippen LogP contribution in [0.15, 0.2) is 41.0 Å². The summed E-state index contributed by atoms with van der Waals surface area (Å²) in [5.74, 6) is 2.30. The molecule has 0 unspecified atom stereocenters. The Morgan fingerprint density at radius 2 is 2.18 bits per heavy atom. The highest BCUT2D eigenvalue weighted by molar-refractivity contribution is 6.16. The number of rotatable bonds is 5. The van der Waals surface area contributed by atoms with Crippen molar-refractivity contribution in [3.05, 3.63) is 48.0 Å². The highest BCUT2D eigenvalue weighted by atomic mass is 35.5. The Bertz CT molecular complexity index is 456. The van der Waals surface area contributed by atoms with E-state index in [1.165, 1.54) is 0 Å². The first-order valence-corrected chi connectivity index (χ1v) is 6.16. The maximum absolute atomic E-state index is 5.79. The van der Waals surface area contributed by atoms with Crippen LogP contribution < -0.4 is 4.90 Å². The Hall–Kier alpha value is -1.48. The molecule has 0 amide bonds. The van der Waals surface area contributed by atoms with E-state index in [0.717, 1.165) is 30.4 Å². The number of aromatic nitrogens is 1. The van der Waals surface area contributed by atoms with Crippen molar-refractivity contribution in [3.63, 3.8) is 0 Å². The smallest absolute Gasteiger partial charge is 0.129 e. The number of anilines is 1. The Kier molecular flexibility index (Phi) is 4.04. The molecule has 0 saturated carbocycles. The van der Waals surface area contributed by atoms with Gasteiger partial charge in [-0.25, -0.2) is 4.98 Å². The molecule has 17 heavy (non-hydrogen) atoms. The molecule has 0 N–H and O–H groups in total. The van der Waals surface area contributed by atoms with E-state index in [-0.39, 0.29) is 0 Å². The van der Waals surface area contributed by atoms with Crippen molar-refractivity contribution in [2.45, 2.75) is 19.3 Å². The second kappa shape index (κ2) is 5.73. The van der Waals surface area contributed by atoms with Crippen LogP contribution >= 0.6 is 11.6 Å². The van der Waals surface area contributed by atoms with Crippen LogP contribution in [0.4, 0.5) is 5.82 Å². The predicted octanol–water partition coefficient (Wildman–Crippen LogP) is 3.44. The van der Waals surface area contributed by atoms with Gasteiger partial charge in [-0.3, -0.25) is 0 Å². The van der Waals surface area contributed by atoms with Gasteiger partial charge in [0.1, 0.15) is 11.6 Å². The minimum absolute atomic E-state index is 0.437. The summed E-state index contributed by atoms with van der Waals surface area (Å²) in [5, 5.41) is 0. The van der Waals surface area contributed by atoms with E-state index in [2.05, 4.69) is 16.8 Å². The van der Waals surface area contributed by atoms with Gasteiger partial charge in [-0.1, -0.05) is 6.07 Å². The van der Waals surface area contributed by atoms with Gasteiger partial charge in [0.25, 0.3) is 0 Å². The van der Waals surface area contributed by atoms with Crippen molar-refractivity contribution in [3.8, 4) is 0 Å². The average Bonchev–Trinajstić information content (AvgIpc) is 2.89. The molecule has 0 bridgehead atoms. The Labute approximate surface area is 106 Å². The van der Waals surface area contributed by atoms with Gasteiger partial charge >= 0.3 is 0 Å². The van der Waals surface area contributed by atoms with Crippen LogP contribution in [-0.2, 0) is 12.4 Å². The molecule has 0 aliphatic carbocycles. The maximum atomic E-state index is 5.79. The number of pyridine rings is 1. The fraction of sp³-hybridized carbons (Fsp3) is 0.308. The number of hydrogen-bond donors (Lipinski definition) is 0. The molecule has 3 nitrogen and oxygen atoms in total. The van der Waals surface area contributed by atoms with Gasteiger partial charge in [0.15, 0.2) is 0 Å². The van der Waals surface area contributed by atoms with Crippen molar-refractivity contribution in [1.82, 2.24) is 4.98 Å². The van der Waals surface area contributed by atoms with Crippen LogP contribution in [0, 0.1) is 0 Å². The summed E-state index contributed by atoms with van der Waals surface area (Å²) in [4.78, 5) is 6.64. The zero-order valence-corrected chi connectivity index (χ0v) is 10.5. The minimum Gasteiger partial charge on any atom is -0.467 e. The predicted molar refractivity (Wildman–Crippen MR) is 69.2 cm³/mol. The maximum Gasteiger partial charge on any atom is 0.129 e. The summed E-state index contributed by atoms with van der Waals surface area (Å²) < 4.78 is 5.35. The Morgan fingerprint density at radius 3 is 2.82 bits per heavy atom. The standard InChI is InChI=1S/C13H15ClN2O/c1-2-16(10-12-6-4-8-17-12)13-7-3-5-11(9-14)15-13/h3-8H,2,9-10H2,1H3. The van der Waals surface area contributed by atoms with E-state index in [9.17, 15) is 0 Å². The number of alkyl halides is 1. The fourth-order valence-electron chi connectivity index (χ4n) is 1.66. The normalized spacial score (nSPS) is 10.5. The molecule has 2 rings (SSSR count). The zero-order valence-electron chi connectivity index (χ0n) is 9.77. The van der Waals surface area contributed by atoms with Crippen molar-refractivity contribution >= 4 is 17.4 Å². The third kappa shape index (κ3) is 3.01. The van der Waals surface area contributed by atoms with Gasteiger partial charge in [-0.2, -0.15) is 0 Å². The molecule has 0 radical (unpaired) electrons. The molecule has 0 atom stereocenters. The van der Waals surface area contributed by atoms with E-state index in [4.69, 9.17) is 16.0 Å². The molecule has 2 aromatic rings. The average molecular weight is 251 g/mol. The van der Waals surface area contributed by atoms with Crippen molar-refractivity contribution in [1.29, 1.82) is 0 Å². The molecule has 2 aromatic heterocycles. The molecule has 4 heteroatoms. The number of halogens is 1. The van der Waals surface area contributed by atoms with Crippen molar-refractivity contribution < 1.29 is 4.42 Å². The summed E-state index contributed by atoms with van der Waals surface area (Å²) in [6.45, 7) is 3.69. The number of nitrogens with zero attached hydrogens (tertiary/aromatic N) is 2. The number of hydrogen-bond acceptors (Lipinski definition) is 3. The molecule has 0 aromatic carbocycles. The Balaban J connectivity index is 2.16. The van der Waals surface area contributed by atoms with Crippen LogP contribution in [0.2, 0.25) is 0 Å². The molecule has 90 valence electrons. The van der Waals surface area contributed by atoms with E-state index in [1.807, 2.05) is 30.3 Å². The second-order valence-corrected chi connectivity index (χ2v) is 3.98. The van der Waals surface area contributed by atoms with Crippen LogP contribution in [0.1, 0.15) is 18.4 Å². The summed E-state index contributed by atoms with van der Waals surface area (Å²) >= 11 is 5.79. The van der Waals surface area contributed by atoms with Crippen LogP contribution in [0.3, 0.4) is 0 Å². The first-order chi connectivity index (χ1) is 8.33. The molecule has 0 aliphatic heterocycles. The molecular formula is C13H15ClN2O. The lowest BCUT2D eigenvalue weighted by Crippen LogP contribution is -2.23.